The normalized spacial score (nSPS) is 15.2. The molecule has 0 aliphatic carbocycles. The van der Waals surface area contributed by atoms with Gasteiger partial charge in [0.05, 0.1) is 5.52 Å². The summed E-state index contributed by atoms with van der Waals surface area (Å²) in [7, 11) is 0. The van der Waals surface area contributed by atoms with Gasteiger partial charge >= 0.3 is 6.09 Å². The Hall–Kier alpha value is -2.04. The summed E-state index contributed by atoms with van der Waals surface area (Å²) in [6.45, 7) is 6.76. The van der Waals surface area contributed by atoms with Crippen molar-refractivity contribution in [2.75, 3.05) is 0 Å². The Balaban J connectivity index is 1.92. The third kappa shape index (κ3) is 3.08. The van der Waals surface area contributed by atoms with Crippen LogP contribution in [0.4, 0.5) is 4.79 Å². The van der Waals surface area contributed by atoms with Crippen molar-refractivity contribution in [3.05, 3.63) is 24.0 Å². The van der Waals surface area contributed by atoms with Crippen LogP contribution in [0.25, 0.3) is 11.0 Å². The number of benzene rings is 1. The Morgan fingerprint density at radius 3 is 2.86 bits per heavy atom. The van der Waals surface area contributed by atoms with Crippen LogP contribution in [-0.4, -0.2) is 21.2 Å². The van der Waals surface area contributed by atoms with Gasteiger partial charge in [-0.15, -0.1) is 0 Å². The van der Waals surface area contributed by atoms with E-state index < -0.39 is 6.09 Å². The number of nitrogens with one attached hydrogen (secondary N) is 1. The van der Waals surface area contributed by atoms with E-state index in [2.05, 4.69) is 9.88 Å². The van der Waals surface area contributed by atoms with Crippen LogP contribution in [0, 0.1) is 0 Å². The molecule has 5 nitrogen and oxygen atoms in total. The molecule has 0 bridgehead atoms. The molecule has 2 aromatic rings. The number of rotatable bonds is 1. The average molecular weight is 301 g/mol. The van der Waals surface area contributed by atoms with E-state index in [1.807, 2.05) is 32.9 Å². The van der Waals surface area contributed by atoms with Crippen molar-refractivity contribution in [2.24, 2.45) is 0 Å². The third-order valence-electron chi connectivity index (χ3n) is 3.78. The molecular weight excluding hydrogens is 278 g/mol. The lowest BCUT2D eigenvalue weighted by Gasteiger charge is -2.19. The molecule has 1 N–H and O–H groups in total. The number of para-hydroxylation sites is 1. The SMILES string of the molecule is CC(C)(C)NC(=O)Oc1cccc2c1nc1n2CCCCC1. The predicted molar refractivity (Wildman–Crippen MR) is 86.2 cm³/mol. The van der Waals surface area contributed by atoms with Gasteiger partial charge in [-0.2, -0.15) is 0 Å². The maximum Gasteiger partial charge on any atom is 0.413 e. The summed E-state index contributed by atoms with van der Waals surface area (Å²) in [5.41, 5.74) is 1.51. The summed E-state index contributed by atoms with van der Waals surface area (Å²) >= 11 is 0. The number of amides is 1. The second kappa shape index (κ2) is 5.63. The molecule has 0 spiro atoms. The van der Waals surface area contributed by atoms with E-state index in [1.165, 1.54) is 19.3 Å². The Labute approximate surface area is 130 Å². The molecule has 1 aromatic carbocycles. The number of hydrogen-bond acceptors (Lipinski definition) is 3. The summed E-state index contributed by atoms with van der Waals surface area (Å²) in [6, 6.07) is 5.77. The number of carbonyl (C=O) groups is 1. The summed E-state index contributed by atoms with van der Waals surface area (Å²) < 4.78 is 7.75. The van der Waals surface area contributed by atoms with Gasteiger partial charge in [0.2, 0.25) is 0 Å². The lowest BCUT2D eigenvalue weighted by molar-refractivity contribution is 0.191. The van der Waals surface area contributed by atoms with Crippen LogP contribution in [0.3, 0.4) is 0 Å². The first-order chi connectivity index (χ1) is 10.4. The molecular formula is C17H23N3O2. The van der Waals surface area contributed by atoms with E-state index >= 15 is 0 Å². The molecule has 0 radical (unpaired) electrons. The van der Waals surface area contributed by atoms with Crippen molar-refractivity contribution in [3.63, 3.8) is 0 Å². The molecule has 1 aliphatic heterocycles. The number of aromatic nitrogens is 2. The average Bonchev–Trinajstić information content (AvgIpc) is 2.61. The fourth-order valence-electron chi connectivity index (χ4n) is 2.85. The molecule has 0 unspecified atom stereocenters. The maximum atomic E-state index is 12.0. The van der Waals surface area contributed by atoms with Gasteiger partial charge in [0.15, 0.2) is 5.75 Å². The van der Waals surface area contributed by atoms with Crippen LogP contribution < -0.4 is 10.1 Å². The monoisotopic (exact) mass is 301 g/mol. The Bertz CT molecular complexity index is 698. The maximum absolute atomic E-state index is 12.0. The van der Waals surface area contributed by atoms with Crippen LogP contribution in [0.2, 0.25) is 0 Å². The highest BCUT2D eigenvalue weighted by atomic mass is 16.6. The molecule has 2 heterocycles. The molecule has 1 aliphatic rings. The van der Waals surface area contributed by atoms with Gasteiger partial charge in [0.1, 0.15) is 11.3 Å². The van der Waals surface area contributed by atoms with Crippen LogP contribution in [0.15, 0.2) is 18.2 Å². The van der Waals surface area contributed by atoms with Crippen molar-refractivity contribution in [1.29, 1.82) is 0 Å². The van der Waals surface area contributed by atoms with E-state index in [0.29, 0.717) is 5.75 Å². The Morgan fingerprint density at radius 2 is 2.09 bits per heavy atom. The van der Waals surface area contributed by atoms with Crippen molar-refractivity contribution < 1.29 is 9.53 Å². The van der Waals surface area contributed by atoms with Gasteiger partial charge in [-0.1, -0.05) is 12.5 Å². The number of ether oxygens (including phenoxy) is 1. The van der Waals surface area contributed by atoms with Crippen LogP contribution in [0.1, 0.15) is 45.9 Å². The first-order valence-electron chi connectivity index (χ1n) is 7.92. The lowest BCUT2D eigenvalue weighted by atomic mass is 10.1. The smallest absolute Gasteiger partial charge is 0.408 e. The summed E-state index contributed by atoms with van der Waals surface area (Å²) in [5.74, 6) is 1.62. The van der Waals surface area contributed by atoms with E-state index in [-0.39, 0.29) is 5.54 Å². The van der Waals surface area contributed by atoms with Crippen molar-refractivity contribution in [2.45, 2.75) is 58.5 Å². The second-order valence-electron chi connectivity index (χ2n) is 6.88. The van der Waals surface area contributed by atoms with Crippen LogP contribution in [0.5, 0.6) is 5.75 Å². The van der Waals surface area contributed by atoms with Gasteiger partial charge in [-0.25, -0.2) is 9.78 Å². The number of imidazole rings is 1. The molecule has 0 fully saturated rings. The quantitative estimate of drug-likeness (QED) is 0.874. The van der Waals surface area contributed by atoms with Crippen LogP contribution in [-0.2, 0) is 13.0 Å². The molecule has 22 heavy (non-hydrogen) atoms. The first-order valence-corrected chi connectivity index (χ1v) is 7.92. The fraction of sp³-hybridized carbons (Fsp3) is 0.529. The molecule has 118 valence electrons. The van der Waals surface area contributed by atoms with E-state index in [9.17, 15) is 4.79 Å². The van der Waals surface area contributed by atoms with Gasteiger partial charge in [0, 0.05) is 18.5 Å². The van der Waals surface area contributed by atoms with Crippen molar-refractivity contribution in [1.82, 2.24) is 14.9 Å². The highest BCUT2D eigenvalue weighted by molar-refractivity contribution is 5.85. The molecule has 0 saturated carbocycles. The lowest BCUT2D eigenvalue weighted by Crippen LogP contribution is -2.42. The van der Waals surface area contributed by atoms with Crippen molar-refractivity contribution >= 4 is 17.1 Å². The van der Waals surface area contributed by atoms with Crippen LogP contribution >= 0.6 is 0 Å². The van der Waals surface area contributed by atoms with Gasteiger partial charge in [-0.3, -0.25) is 0 Å². The molecule has 0 saturated heterocycles. The molecule has 1 amide bonds. The standard InChI is InChI=1S/C17H23N3O2/c1-17(2,3)19-16(21)22-13-9-7-8-12-15(13)18-14-10-5-4-6-11-20(12)14/h7-9H,4-6,10-11H2,1-3H3,(H,19,21). The zero-order chi connectivity index (χ0) is 15.7. The number of nitrogens with zero attached hydrogens (tertiary/aromatic N) is 2. The van der Waals surface area contributed by atoms with Gasteiger partial charge < -0.3 is 14.6 Å². The minimum absolute atomic E-state index is 0.323. The van der Waals surface area contributed by atoms with E-state index in [4.69, 9.17) is 9.72 Å². The summed E-state index contributed by atoms with van der Waals surface area (Å²) in [5, 5.41) is 2.81. The predicted octanol–water partition coefficient (Wildman–Crippen LogP) is 3.65. The molecule has 1 aromatic heterocycles. The zero-order valence-corrected chi connectivity index (χ0v) is 13.5. The number of fused-ring (bicyclic) bond motifs is 3. The highest BCUT2D eigenvalue weighted by Gasteiger charge is 2.19. The number of hydrogen-bond donors (Lipinski definition) is 1. The zero-order valence-electron chi connectivity index (χ0n) is 13.5. The minimum Gasteiger partial charge on any atom is -0.408 e. The Morgan fingerprint density at radius 1 is 1.27 bits per heavy atom. The molecule has 3 rings (SSSR count). The largest absolute Gasteiger partial charge is 0.413 e. The summed E-state index contributed by atoms with van der Waals surface area (Å²) in [6.07, 6.45) is 4.14. The second-order valence-corrected chi connectivity index (χ2v) is 6.88. The topological polar surface area (TPSA) is 56.1 Å². The summed E-state index contributed by atoms with van der Waals surface area (Å²) in [4.78, 5) is 16.7. The van der Waals surface area contributed by atoms with E-state index in [1.54, 1.807) is 6.07 Å². The van der Waals surface area contributed by atoms with Gasteiger partial charge in [-0.05, 0) is 45.7 Å². The first kappa shape index (κ1) is 14.9. The van der Waals surface area contributed by atoms with Gasteiger partial charge in [0.25, 0.3) is 0 Å². The number of aryl methyl sites for hydroxylation is 2. The molecule has 5 heteroatoms. The minimum atomic E-state index is -0.441. The van der Waals surface area contributed by atoms with E-state index in [0.717, 1.165) is 29.8 Å². The Kier molecular flexibility index (Phi) is 3.81. The fourth-order valence-corrected chi connectivity index (χ4v) is 2.85. The van der Waals surface area contributed by atoms with Crippen molar-refractivity contribution in [3.8, 4) is 5.75 Å². The third-order valence-corrected chi connectivity index (χ3v) is 3.78. The highest BCUT2D eigenvalue weighted by Crippen LogP contribution is 2.28. The molecule has 0 atom stereocenters. The number of carbonyl (C=O) groups excluding carboxylic acids is 1.